The maximum absolute atomic E-state index is 13.0. The zero-order valence-electron chi connectivity index (χ0n) is 17.1. The van der Waals surface area contributed by atoms with Gasteiger partial charge in [0.2, 0.25) is 11.7 Å². The van der Waals surface area contributed by atoms with Crippen molar-refractivity contribution in [2.75, 3.05) is 0 Å². The molecule has 156 valence electrons. The Hall–Kier alpha value is -1.37. The van der Waals surface area contributed by atoms with Crippen LogP contribution in [-0.4, -0.2) is 33.2 Å². The number of aromatic nitrogens is 2. The van der Waals surface area contributed by atoms with Gasteiger partial charge in [0.15, 0.2) is 0 Å². The molecule has 0 spiro atoms. The van der Waals surface area contributed by atoms with E-state index in [1.54, 1.807) is 11.8 Å². The highest BCUT2D eigenvalue weighted by atomic mass is 32.2. The van der Waals surface area contributed by atoms with Crippen molar-refractivity contribution in [1.29, 1.82) is 0 Å². The van der Waals surface area contributed by atoms with Crippen molar-refractivity contribution < 1.29 is 14.0 Å². The Labute approximate surface area is 172 Å². The number of hydrogen-bond acceptors (Lipinski definition) is 6. The molecule has 2 fully saturated rings. The summed E-state index contributed by atoms with van der Waals surface area (Å²) in [5.41, 5.74) is 0. The van der Waals surface area contributed by atoms with Gasteiger partial charge in [-0.1, -0.05) is 64.1 Å². The van der Waals surface area contributed by atoms with Gasteiger partial charge in [-0.05, 0) is 38.0 Å². The lowest BCUT2D eigenvalue weighted by Crippen LogP contribution is -2.45. The third-order valence-corrected chi connectivity index (χ3v) is 6.92. The topological polar surface area (TPSA) is 85.1 Å². The Bertz CT molecular complexity index is 649. The number of nitrogens with zero attached hydrogens (tertiary/aromatic N) is 2. The van der Waals surface area contributed by atoms with Crippen LogP contribution in [0.1, 0.15) is 95.2 Å². The Morgan fingerprint density at radius 1 is 1.04 bits per heavy atom. The van der Waals surface area contributed by atoms with Crippen molar-refractivity contribution in [3.63, 3.8) is 0 Å². The summed E-state index contributed by atoms with van der Waals surface area (Å²) < 4.78 is 5.68. The van der Waals surface area contributed by atoms with E-state index in [0.29, 0.717) is 16.9 Å². The van der Waals surface area contributed by atoms with E-state index in [1.165, 1.54) is 25.7 Å². The molecule has 2 aliphatic rings. The van der Waals surface area contributed by atoms with Gasteiger partial charge in [0, 0.05) is 11.2 Å². The third kappa shape index (κ3) is 6.06. The molecule has 7 heteroatoms. The number of ketones is 1. The van der Waals surface area contributed by atoms with Crippen LogP contribution in [0.4, 0.5) is 0 Å². The van der Waals surface area contributed by atoms with Crippen molar-refractivity contribution >= 4 is 23.5 Å². The zero-order valence-corrected chi connectivity index (χ0v) is 17.9. The Balaban J connectivity index is 1.62. The molecule has 0 radical (unpaired) electrons. The summed E-state index contributed by atoms with van der Waals surface area (Å²) in [6, 6.07) is -0.595. The van der Waals surface area contributed by atoms with Gasteiger partial charge in [-0.15, -0.1) is 10.2 Å². The smallest absolute Gasteiger partial charge is 0.286 e. The predicted molar refractivity (Wildman–Crippen MR) is 109 cm³/mol. The van der Waals surface area contributed by atoms with Gasteiger partial charge in [-0.3, -0.25) is 9.59 Å². The van der Waals surface area contributed by atoms with Gasteiger partial charge in [0.05, 0.1) is 6.04 Å². The molecular formula is C21H33N3O3S. The molecule has 2 aliphatic carbocycles. The molecule has 1 amide bonds. The van der Waals surface area contributed by atoms with Crippen LogP contribution in [-0.2, 0) is 4.79 Å². The van der Waals surface area contributed by atoms with Crippen molar-refractivity contribution in [3.05, 3.63) is 5.89 Å². The molecule has 0 aromatic carbocycles. The first-order valence-electron chi connectivity index (χ1n) is 10.9. The summed E-state index contributed by atoms with van der Waals surface area (Å²) >= 11 is 1.59. The lowest BCUT2D eigenvalue weighted by molar-refractivity contribution is -0.126. The average molecular weight is 408 g/mol. The van der Waals surface area contributed by atoms with Crippen molar-refractivity contribution in [2.24, 2.45) is 11.8 Å². The summed E-state index contributed by atoms with van der Waals surface area (Å²) in [4.78, 5) is 25.6. The number of rotatable bonds is 8. The summed E-state index contributed by atoms with van der Waals surface area (Å²) in [7, 11) is 0. The van der Waals surface area contributed by atoms with Crippen LogP contribution in [0.15, 0.2) is 9.64 Å². The monoisotopic (exact) mass is 407 g/mol. The van der Waals surface area contributed by atoms with E-state index < -0.39 is 6.04 Å². The molecule has 2 saturated carbocycles. The quantitative estimate of drug-likeness (QED) is 0.624. The third-order valence-electron chi connectivity index (χ3n) is 5.75. The van der Waals surface area contributed by atoms with Gasteiger partial charge in [-0.2, -0.15) is 0 Å². The number of carbonyl (C=O) groups is 2. The summed E-state index contributed by atoms with van der Waals surface area (Å²) in [6.07, 6.45) is 11.9. The van der Waals surface area contributed by atoms with Crippen LogP contribution in [0.3, 0.4) is 0 Å². The summed E-state index contributed by atoms with van der Waals surface area (Å²) in [5, 5.41) is 12.0. The fourth-order valence-electron chi connectivity index (χ4n) is 4.19. The van der Waals surface area contributed by atoms with Crippen LogP contribution >= 0.6 is 11.8 Å². The second kappa shape index (κ2) is 10.4. The first-order chi connectivity index (χ1) is 13.5. The van der Waals surface area contributed by atoms with Crippen LogP contribution in [0.5, 0.6) is 0 Å². The van der Waals surface area contributed by atoms with E-state index in [-0.39, 0.29) is 29.4 Å². The van der Waals surface area contributed by atoms with Gasteiger partial charge in [-0.25, -0.2) is 0 Å². The Morgan fingerprint density at radius 3 is 2.32 bits per heavy atom. The number of nitrogens with one attached hydrogen (secondary N) is 1. The summed E-state index contributed by atoms with van der Waals surface area (Å²) in [6.45, 7) is 4.09. The Kier molecular flexibility index (Phi) is 7.94. The van der Waals surface area contributed by atoms with Crippen LogP contribution < -0.4 is 5.32 Å². The molecule has 1 N–H and O–H groups in total. The molecular weight excluding hydrogens is 374 g/mol. The number of Topliss-reactive ketones (excluding diaryl/α,β-unsaturated/α-hetero) is 1. The van der Waals surface area contributed by atoms with E-state index in [1.807, 2.05) is 13.8 Å². The zero-order chi connectivity index (χ0) is 19.9. The van der Waals surface area contributed by atoms with E-state index in [9.17, 15) is 9.59 Å². The first-order valence-corrected chi connectivity index (χ1v) is 11.8. The highest BCUT2D eigenvalue weighted by Crippen LogP contribution is 2.33. The minimum atomic E-state index is -0.595. The van der Waals surface area contributed by atoms with E-state index >= 15 is 0 Å². The second-order valence-corrected chi connectivity index (χ2v) is 9.89. The molecule has 1 heterocycles. The minimum Gasteiger partial charge on any atom is -0.408 e. The van der Waals surface area contributed by atoms with Gasteiger partial charge < -0.3 is 9.73 Å². The van der Waals surface area contributed by atoms with Crippen LogP contribution in [0.25, 0.3) is 0 Å². The number of amides is 1. The molecule has 0 saturated heterocycles. The highest BCUT2D eigenvalue weighted by molar-refractivity contribution is 7.99. The normalized spacial score (nSPS) is 20.2. The number of carbonyl (C=O) groups excluding carboxylic acids is 2. The van der Waals surface area contributed by atoms with Gasteiger partial charge in [0.25, 0.3) is 11.1 Å². The van der Waals surface area contributed by atoms with Crippen molar-refractivity contribution in [1.82, 2.24) is 15.5 Å². The van der Waals surface area contributed by atoms with Crippen LogP contribution in [0, 0.1) is 11.8 Å². The molecule has 0 aliphatic heterocycles. The number of thioether (sulfide) groups is 1. The molecule has 1 aromatic rings. The fourth-order valence-corrected chi connectivity index (χ4v) is 5.26. The van der Waals surface area contributed by atoms with Gasteiger partial charge in [0.1, 0.15) is 0 Å². The van der Waals surface area contributed by atoms with Crippen LogP contribution in [0.2, 0.25) is 0 Å². The molecule has 0 bridgehead atoms. The second-order valence-electron chi connectivity index (χ2n) is 8.64. The van der Waals surface area contributed by atoms with E-state index in [0.717, 1.165) is 38.5 Å². The predicted octanol–water partition coefficient (Wildman–Crippen LogP) is 4.79. The van der Waals surface area contributed by atoms with Crippen molar-refractivity contribution in [3.8, 4) is 0 Å². The lowest BCUT2D eigenvalue weighted by Gasteiger charge is -2.24. The highest BCUT2D eigenvalue weighted by Gasteiger charge is 2.31. The molecule has 6 nitrogen and oxygen atoms in total. The first kappa shape index (κ1) is 21.3. The van der Waals surface area contributed by atoms with E-state index in [2.05, 4.69) is 15.5 Å². The average Bonchev–Trinajstić information content (AvgIpc) is 3.16. The molecule has 1 atom stereocenters. The van der Waals surface area contributed by atoms with Crippen molar-refractivity contribution in [2.45, 2.75) is 101 Å². The molecule has 28 heavy (non-hydrogen) atoms. The fraction of sp³-hybridized carbons (Fsp3) is 0.810. The minimum absolute atomic E-state index is 0.00461. The van der Waals surface area contributed by atoms with Gasteiger partial charge >= 0.3 is 0 Å². The molecule has 1 aromatic heterocycles. The largest absolute Gasteiger partial charge is 0.408 e. The summed E-state index contributed by atoms with van der Waals surface area (Å²) in [5.74, 6) is 0.0553. The standard InChI is InChI=1S/C21H33N3O3S/c1-14(2)13-17(22-19(26)15-9-5-3-6-10-15)18(25)20-23-24-21(27-20)28-16-11-7-4-8-12-16/h14-17H,3-13H2,1-2H3,(H,22,26)/t17-/m0/s1. The maximum atomic E-state index is 13.0. The molecule has 0 unspecified atom stereocenters. The number of hydrogen-bond donors (Lipinski definition) is 1. The molecule has 3 rings (SSSR count). The van der Waals surface area contributed by atoms with E-state index in [4.69, 9.17) is 4.42 Å². The lowest BCUT2D eigenvalue weighted by atomic mass is 9.88. The Morgan fingerprint density at radius 2 is 1.68 bits per heavy atom. The maximum Gasteiger partial charge on any atom is 0.286 e. The SMILES string of the molecule is CC(C)C[C@H](NC(=O)C1CCCCC1)C(=O)c1nnc(SC2CCCCC2)o1.